The van der Waals surface area contributed by atoms with Gasteiger partial charge >= 0.3 is 0 Å². The molecule has 1 atom stereocenters. The van der Waals surface area contributed by atoms with E-state index in [4.69, 9.17) is 5.26 Å². The van der Waals surface area contributed by atoms with Gasteiger partial charge in [0, 0.05) is 0 Å². The van der Waals surface area contributed by atoms with Crippen LogP contribution in [0.5, 0.6) is 0 Å². The van der Waals surface area contributed by atoms with Crippen molar-refractivity contribution in [3.05, 3.63) is 12.7 Å². The second-order valence-corrected chi connectivity index (χ2v) is 6.99. The zero-order valence-electron chi connectivity index (χ0n) is 15.5. The van der Waals surface area contributed by atoms with Gasteiger partial charge in [-0.05, 0) is 6.42 Å². The summed E-state index contributed by atoms with van der Waals surface area (Å²) in [5.41, 5.74) is -0.966. The predicted molar refractivity (Wildman–Crippen MR) is 100 cm³/mol. The SMILES string of the molecule is C=C[C@](O)(CC#N)CCCCCCCCCCCCCCCC. The van der Waals surface area contributed by atoms with Gasteiger partial charge in [-0.3, -0.25) is 0 Å². The van der Waals surface area contributed by atoms with Crippen LogP contribution in [-0.2, 0) is 0 Å². The molecule has 0 amide bonds. The van der Waals surface area contributed by atoms with Crippen molar-refractivity contribution in [2.45, 2.75) is 115 Å². The fourth-order valence-corrected chi connectivity index (χ4v) is 3.03. The third-order valence-corrected chi connectivity index (χ3v) is 4.73. The van der Waals surface area contributed by atoms with E-state index < -0.39 is 5.60 Å². The quantitative estimate of drug-likeness (QED) is 0.239. The molecule has 1 N–H and O–H groups in total. The smallest absolute Gasteiger partial charge is 0.0954 e. The van der Waals surface area contributed by atoms with Gasteiger partial charge in [-0.25, -0.2) is 0 Å². The first kappa shape index (κ1) is 22.2. The Morgan fingerprint density at radius 2 is 1.22 bits per heavy atom. The van der Waals surface area contributed by atoms with Crippen LogP contribution in [0.2, 0.25) is 0 Å². The fraction of sp³-hybridized carbons (Fsp3) is 0.857. The highest BCUT2D eigenvalue weighted by Gasteiger charge is 2.21. The number of unbranched alkanes of at least 4 members (excludes halogenated alkanes) is 13. The molecule has 0 heterocycles. The van der Waals surface area contributed by atoms with Crippen molar-refractivity contribution in [3.8, 4) is 6.07 Å². The van der Waals surface area contributed by atoms with E-state index in [1.54, 1.807) is 0 Å². The Kier molecular flexibility index (Phi) is 15.5. The maximum atomic E-state index is 10.1. The summed E-state index contributed by atoms with van der Waals surface area (Å²) >= 11 is 0. The van der Waals surface area contributed by atoms with Crippen LogP contribution in [0.3, 0.4) is 0 Å². The monoisotopic (exact) mass is 321 g/mol. The lowest BCUT2D eigenvalue weighted by Gasteiger charge is -2.20. The topological polar surface area (TPSA) is 44.0 Å². The molecular formula is C21H39NO. The summed E-state index contributed by atoms with van der Waals surface area (Å²) in [6.45, 7) is 5.90. The number of hydrogen-bond acceptors (Lipinski definition) is 2. The molecule has 134 valence electrons. The van der Waals surface area contributed by atoms with Crippen LogP contribution in [0, 0.1) is 11.3 Å². The van der Waals surface area contributed by atoms with Gasteiger partial charge < -0.3 is 5.11 Å². The molecular weight excluding hydrogens is 282 g/mol. The first-order valence-corrected chi connectivity index (χ1v) is 9.91. The molecule has 0 aliphatic heterocycles. The highest BCUT2D eigenvalue weighted by atomic mass is 16.3. The Labute approximate surface area is 145 Å². The third kappa shape index (κ3) is 14.5. The molecule has 23 heavy (non-hydrogen) atoms. The van der Waals surface area contributed by atoms with Gasteiger partial charge in [-0.15, -0.1) is 6.58 Å². The van der Waals surface area contributed by atoms with Crippen LogP contribution in [0.15, 0.2) is 12.7 Å². The first-order valence-electron chi connectivity index (χ1n) is 9.91. The maximum Gasteiger partial charge on any atom is 0.0954 e. The summed E-state index contributed by atoms with van der Waals surface area (Å²) in [6, 6.07) is 2.04. The Balaban J connectivity index is 3.25. The fourth-order valence-electron chi connectivity index (χ4n) is 3.03. The minimum Gasteiger partial charge on any atom is -0.385 e. The van der Waals surface area contributed by atoms with E-state index in [2.05, 4.69) is 13.5 Å². The van der Waals surface area contributed by atoms with Gasteiger partial charge in [0.1, 0.15) is 0 Å². The lowest BCUT2D eigenvalue weighted by Crippen LogP contribution is -2.24. The molecule has 0 fully saturated rings. The molecule has 2 heteroatoms. The highest BCUT2D eigenvalue weighted by Crippen LogP contribution is 2.21. The number of rotatable bonds is 17. The zero-order chi connectivity index (χ0) is 17.2. The largest absolute Gasteiger partial charge is 0.385 e. The van der Waals surface area contributed by atoms with Crippen molar-refractivity contribution in [1.82, 2.24) is 0 Å². The van der Waals surface area contributed by atoms with Gasteiger partial charge in [-0.2, -0.15) is 5.26 Å². The average Bonchev–Trinajstić information content (AvgIpc) is 2.55. The number of nitrogens with zero attached hydrogens (tertiary/aromatic N) is 1. The summed E-state index contributed by atoms with van der Waals surface area (Å²) in [7, 11) is 0. The van der Waals surface area contributed by atoms with E-state index in [1.165, 1.54) is 83.1 Å². The summed E-state index contributed by atoms with van der Waals surface area (Å²) in [6.07, 6.45) is 21.0. The van der Waals surface area contributed by atoms with Gasteiger partial charge in [0.2, 0.25) is 0 Å². The van der Waals surface area contributed by atoms with Crippen LogP contribution >= 0.6 is 0 Å². The molecule has 0 unspecified atom stereocenters. The lowest BCUT2D eigenvalue weighted by atomic mass is 9.93. The van der Waals surface area contributed by atoms with Crippen LogP contribution in [0.4, 0.5) is 0 Å². The van der Waals surface area contributed by atoms with E-state index >= 15 is 0 Å². The van der Waals surface area contributed by atoms with Crippen LogP contribution in [0.25, 0.3) is 0 Å². The molecule has 0 rings (SSSR count). The van der Waals surface area contributed by atoms with Gasteiger partial charge in [0.25, 0.3) is 0 Å². The molecule has 0 aromatic rings. The van der Waals surface area contributed by atoms with Crippen LogP contribution in [-0.4, -0.2) is 10.7 Å². The molecule has 0 aromatic carbocycles. The van der Waals surface area contributed by atoms with Crippen molar-refractivity contribution in [2.75, 3.05) is 0 Å². The molecule has 0 aliphatic carbocycles. The second-order valence-electron chi connectivity index (χ2n) is 6.99. The Bertz CT molecular complexity index is 307. The predicted octanol–water partition coefficient (Wildman–Crippen LogP) is 6.69. The molecule has 0 aliphatic rings. The molecule has 0 spiro atoms. The summed E-state index contributed by atoms with van der Waals surface area (Å²) < 4.78 is 0. The van der Waals surface area contributed by atoms with E-state index in [9.17, 15) is 5.11 Å². The normalized spacial score (nSPS) is 13.4. The number of aliphatic hydroxyl groups is 1. The van der Waals surface area contributed by atoms with E-state index in [1.807, 2.05) is 6.07 Å². The standard InChI is InChI=1S/C21H39NO/c1-3-5-6-7-8-9-10-11-12-13-14-15-16-17-18-21(23,4-2)19-20-22/h4,23H,2-3,5-19H2,1H3/t21-/m1/s1. The average molecular weight is 322 g/mol. The van der Waals surface area contributed by atoms with Crippen molar-refractivity contribution in [2.24, 2.45) is 0 Å². The van der Waals surface area contributed by atoms with Gasteiger partial charge in [-0.1, -0.05) is 103 Å². The molecule has 0 bridgehead atoms. The molecule has 2 nitrogen and oxygen atoms in total. The maximum absolute atomic E-state index is 10.1. The minimum absolute atomic E-state index is 0.162. The van der Waals surface area contributed by atoms with Gasteiger partial charge in [0.05, 0.1) is 18.1 Å². The lowest BCUT2D eigenvalue weighted by molar-refractivity contribution is 0.0836. The Morgan fingerprint density at radius 1 is 0.826 bits per heavy atom. The second kappa shape index (κ2) is 16.1. The molecule has 0 saturated heterocycles. The van der Waals surface area contributed by atoms with Crippen molar-refractivity contribution in [1.29, 1.82) is 5.26 Å². The van der Waals surface area contributed by atoms with Crippen molar-refractivity contribution in [3.63, 3.8) is 0 Å². The Hall–Kier alpha value is -0.810. The first-order chi connectivity index (χ1) is 11.2. The van der Waals surface area contributed by atoms with Crippen molar-refractivity contribution < 1.29 is 5.11 Å². The van der Waals surface area contributed by atoms with Crippen LogP contribution < -0.4 is 0 Å². The zero-order valence-corrected chi connectivity index (χ0v) is 15.5. The third-order valence-electron chi connectivity index (χ3n) is 4.73. The van der Waals surface area contributed by atoms with E-state index in [0.29, 0.717) is 6.42 Å². The minimum atomic E-state index is -0.966. The molecule has 0 radical (unpaired) electrons. The summed E-state index contributed by atoms with van der Waals surface area (Å²) in [4.78, 5) is 0. The Morgan fingerprint density at radius 3 is 1.57 bits per heavy atom. The number of hydrogen-bond donors (Lipinski definition) is 1. The van der Waals surface area contributed by atoms with Crippen LogP contribution in [0.1, 0.15) is 110 Å². The summed E-state index contributed by atoms with van der Waals surface area (Å²) in [5.74, 6) is 0. The van der Waals surface area contributed by atoms with Gasteiger partial charge in [0.15, 0.2) is 0 Å². The molecule has 0 saturated carbocycles. The number of nitriles is 1. The van der Waals surface area contributed by atoms with E-state index in [0.717, 1.165) is 12.8 Å². The summed E-state index contributed by atoms with van der Waals surface area (Å²) in [5, 5.41) is 18.8. The highest BCUT2D eigenvalue weighted by molar-refractivity contribution is 5.01. The van der Waals surface area contributed by atoms with E-state index in [-0.39, 0.29) is 6.42 Å². The van der Waals surface area contributed by atoms with Crippen molar-refractivity contribution >= 4 is 0 Å². The molecule has 0 aromatic heterocycles.